The fraction of sp³-hybridized carbons (Fsp3) is 0.375. The van der Waals surface area contributed by atoms with E-state index >= 15 is 0 Å². The first-order chi connectivity index (χ1) is 10.9. The number of nitrogens with one attached hydrogen (secondary N) is 1. The zero-order chi connectivity index (χ0) is 16.7. The first-order valence-electron chi connectivity index (χ1n) is 7.45. The molecule has 1 saturated carbocycles. The molecule has 120 valence electrons. The zero-order valence-electron chi connectivity index (χ0n) is 13.0. The molecule has 7 heteroatoms. The topological polar surface area (TPSA) is 86.8 Å². The van der Waals surface area contributed by atoms with Crippen molar-refractivity contribution in [1.29, 1.82) is 0 Å². The Morgan fingerprint density at radius 2 is 1.87 bits per heavy atom. The zero-order valence-corrected chi connectivity index (χ0v) is 13.0. The summed E-state index contributed by atoms with van der Waals surface area (Å²) in [6.07, 6.45) is 1.43. The second-order valence-electron chi connectivity index (χ2n) is 5.88. The lowest BCUT2D eigenvalue weighted by Gasteiger charge is -2.15. The maximum atomic E-state index is 12.1. The molecular formula is C16H17N3O4. The Labute approximate surface area is 133 Å². The molecule has 1 heterocycles. The molecule has 0 bridgehead atoms. The molecule has 3 rings (SSSR count). The van der Waals surface area contributed by atoms with Gasteiger partial charge in [0.1, 0.15) is 6.54 Å². The Morgan fingerprint density at radius 1 is 1.17 bits per heavy atom. The van der Waals surface area contributed by atoms with E-state index < -0.39 is 30.3 Å². The summed E-state index contributed by atoms with van der Waals surface area (Å²) in [4.78, 5) is 49.7. The molecule has 1 saturated heterocycles. The minimum Gasteiger partial charge on any atom is -0.324 e. The predicted molar refractivity (Wildman–Crippen MR) is 81.5 cm³/mol. The second-order valence-corrected chi connectivity index (χ2v) is 5.88. The number of hydrogen-bond acceptors (Lipinski definition) is 4. The molecule has 0 radical (unpaired) electrons. The van der Waals surface area contributed by atoms with Gasteiger partial charge in [-0.05, 0) is 43.9 Å². The van der Waals surface area contributed by atoms with Crippen LogP contribution in [0.15, 0.2) is 18.2 Å². The average molecular weight is 315 g/mol. The van der Waals surface area contributed by atoms with Crippen molar-refractivity contribution in [2.75, 3.05) is 11.9 Å². The quantitative estimate of drug-likeness (QED) is 0.668. The fourth-order valence-corrected chi connectivity index (χ4v) is 2.54. The Morgan fingerprint density at radius 3 is 2.52 bits per heavy atom. The third-order valence-corrected chi connectivity index (χ3v) is 4.18. The number of rotatable bonds is 4. The number of carbonyl (C=O) groups excluding carboxylic acids is 4. The Bertz CT molecular complexity index is 724. The number of benzene rings is 1. The maximum absolute atomic E-state index is 12.1. The smallest absolute Gasteiger partial charge is 0.324 e. The van der Waals surface area contributed by atoms with E-state index in [1.165, 1.54) is 0 Å². The maximum Gasteiger partial charge on any atom is 0.334 e. The van der Waals surface area contributed by atoms with Crippen LogP contribution in [0.25, 0.3) is 0 Å². The van der Waals surface area contributed by atoms with E-state index in [-0.39, 0.29) is 6.04 Å². The largest absolute Gasteiger partial charge is 0.334 e. The molecule has 0 aromatic heterocycles. The third-order valence-electron chi connectivity index (χ3n) is 4.18. The van der Waals surface area contributed by atoms with E-state index in [1.807, 2.05) is 26.0 Å². The van der Waals surface area contributed by atoms with E-state index in [1.54, 1.807) is 6.07 Å². The summed E-state index contributed by atoms with van der Waals surface area (Å²) in [5, 5.41) is 2.68. The van der Waals surface area contributed by atoms with Gasteiger partial charge in [-0.2, -0.15) is 0 Å². The molecule has 1 aromatic rings. The molecule has 5 amide bonds. The number of urea groups is 1. The molecule has 2 fully saturated rings. The van der Waals surface area contributed by atoms with Gasteiger partial charge in [0.05, 0.1) is 0 Å². The van der Waals surface area contributed by atoms with Gasteiger partial charge in [0.15, 0.2) is 0 Å². The van der Waals surface area contributed by atoms with E-state index in [9.17, 15) is 19.2 Å². The number of anilines is 1. The van der Waals surface area contributed by atoms with E-state index in [0.29, 0.717) is 23.4 Å². The number of aryl methyl sites for hydroxylation is 1. The van der Waals surface area contributed by atoms with Crippen LogP contribution < -0.4 is 5.32 Å². The van der Waals surface area contributed by atoms with Gasteiger partial charge in [-0.15, -0.1) is 0 Å². The summed E-state index contributed by atoms with van der Waals surface area (Å²) in [5.41, 5.74) is 2.56. The van der Waals surface area contributed by atoms with Crippen LogP contribution in [-0.4, -0.2) is 46.1 Å². The molecule has 23 heavy (non-hydrogen) atoms. The van der Waals surface area contributed by atoms with Crippen molar-refractivity contribution < 1.29 is 19.2 Å². The average Bonchev–Trinajstić information content (AvgIpc) is 3.30. The summed E-state index contributed by atoms with van der Waals surface area (Å²) in [5.74, 6) is -2.28. The van der Waals surface area contributed by atoms with Crippen molar-refractivity contribution in [3.05, 3.63) is 29.3 Å². The van der Waals surface area contributed by atoms with Crippen molar-refractivity contribution in [2.45, 2.75) is 32.7 Å². The molecular weight excluding hydrogens is 298 g/mol. The highest BCUT2D eigenvalue weighted by molar-refractivity contribution is 6.45. The molecule has 2 aliphatic rings. The minimum atomic E-state index is -0.932. The summed E-state index contributed by atoms with van der Waals surface area (Å²) >= 11 is 0. The monoisotopic (exact) mass is 315 g/mol. The van der Waals surface area contributed by atoms with Crippen molar-refractivity contribution in [2.24, 2.45) is 0 Å². The van der Waals surface area contributed by atoms with Gasteiger partial charge in [-0.3, -0.25) is 19.3 Å². The molecule has 1 aliphatic heterocycles. The van der Waals surface area contributed by atoms with Crippen molar-refractivity contribution in [3.8, 4) is 0 Å². The lowest BCUT2D eigenvalue weighted by molar-refractivity contribution is -0.143. The normalized spacial score (nSPS) is 17.9. The molecule has 1 N–H and O–H groups in total. The van der Waals surface area contributed by atoms with Crippen LogP contribution in [0.4, 0.5) is 10.5 Å². The van der Waals surface area contributed by atoms with Crippen LogP contribution in [0, 0.1) is 13.8 Å². The predicted octanol–water partition coefficient (Wildman–Crippen LogP) is 1.20. The van der Waals surface area contributed by atoms with Crippen LogP contribution >= 0.6 is 0 Å². The van der Waals surface area contributed by atoms with Crippen LogP contribution in [0.2, 0.25) is 0 Å². The number of carbonyl (C=O) groups is 4. The van der Waals surface area contributed by atoms with Crippen molar-refractivity contribution >= 4 is 29.4 Å². The summed E-state index contributed by atoms with van der Waals surface area (Å²) in [6.45, 7) is 3.33. The van der Waals surface area contributed by atoms with Gasteiger partial charge < -0.3 is 5.32 Å². The molecule has 7 nitrogen and oxygen atoms in total. The molecule has 1 aromatic carbocycles. The minimum absolute atomic E-state index is 0.189. The number of imide groups is 2. The molecule has 0 spiro atoms. The van der Waals surface area contributed by atoms with E-state index in [4.69, 9.17) is 0 Å². The standard InChI is InChI=1S/C16H17N3O4/c1-9-4-3-5-12(10(9)2)17-13(20)8-18-14(21)15(22)19(16(18)23)11-6-7-11/h3-5,11H,6-8H2,1-2H3,(H,17,20). The fourth-order valence-electron chi connectivity index (χ4n) is 2.54. The van der Waals surface area contributed by atoms with Crippen LogP contribution in [0.1, 0.15) is 24.0 Å². The SMILES string of the molecule is Cc1cccc(NC(=O)CN2C(=O)C(=O)N(C3CC3)C2=O)c1C. The molecule has 1 aliphatic carbocycles. The highest BCUT2D eigenvalue weighted by Crippen LogP contribution is 2.31. The third kappa shape index (κ3) is 2.69. The van der Waals surface area contributed by atoms with E-state index in [2.05, 4.69) is 5.32 Å². The van der Waals surface area contributed by atoms with Gasteiger partial charge in [0.25, 0.3) is 0 Å². The van der Waals surface area contributed by atoms with Crippen molar-refractivity contribution in [1.82, 2.24) is 9.80 Å². The Hall–Kier alpha value is -2.70. The number of hydrogen-bond donors (Lipinski definition) is 1. The van der Waals surface area contributed by atoms with E-state index in [0.717, 1.165) is 16.0 Å². The van der Waals surface area contributed by atoms with Gasteiger partial charge >= 0.3 is 17.8 Å². The lowest BCUT2D eigenvalue weighted by atomic mass is 10.1. The first-order valence-corrected chi connectivity index (χ1v) is 7.45. The van der Waals surface area contributed by atoms with Gasteiger partial charge in [-0.25, -0.2) is 9.69 Å². The highest BCUT2D eigenvalue weighted by Gasteiger charge is 2.51. The van der Waals surface area contributed by atoms with Crippen LogP contribution in [0.3, 0.4) is 0 Å². The Balaban J connectivity index is 1.70. The summed E-state index contributed by atoms with van der Waals surface area (Å²) in [7, 11) is 0. The number of amides is 5. The van der Waals surface area contributed by atoms with Gasteiger partial charge in [0.2, 0.25) is 5.91 Å². The van der Waals surface area contributed by atoms with Crippen LogP contribution in [0.5, 0.6) is 0 Å². The second kappa shape index (κ2) is 5.49. The Kier molecular flexibility index (Phi) is 3.63. The summed E-state index contributed by atoms with van der Waals surface area (Å²) < 4.78 is 0. The van der Waals surface area contributed by atoms with Crippen LogP contribution in [-0.2, 0) is 14.4 Å². The van der Waals surface area contributed by atoms with Crippen molar-refractivity contribution in [3.63, 3.8) is 0 Å². The highest BCUT2D eigenvalue weighted by atomic mass is 16.2. The van der Waals surface area contributed by atoms with Gasteiger partial charge in [0, 0.05) is 11.7 Å². The molecule has 0 atom stereocenters. The lowest BCUT2D eigenvalue weighted by Crippen LogP contribution is -2.39. The summed E-state index contributed by atoms with van der Waals surface area (Å²) in [6, 6.07) is 4.59. The number of nitrogens with zero attached hydrogens (tertiary/aromatic N) is 2. The van der Waals surface area contributed by atoms with Gasteiger partial charge in [-0.1, -0.05) is 12.1 Å². The first kappa shape index (κ1) is 15.2. The molecule has 0 unspecified atom stereocenters.